The van der Waals surface area contributed by atoms with Crippen molar-refractivity contribution in [2.45, 2.75) is 33.2 Å². The van der Waals surface area contributed by atoms with Crippen molar-refractivity contribution in [1.82, 2.24) is 5.16 Å². The summed E-state index contributed by atoms with van der Waals surface area (Å²) in [4.78, 5) is 11.6. The third-order valence-corrected chi connectivity index (χ3v) is 2.43. The number of nitrogens with two attached hydrogens (primary N) is 1. The molecule has 0 fully saturated rings. The summed E-state index contributed by atoms with van der Waals surface area (Å²) in [6, 6.07) is 1.14. The van der Waals surface area contributed by atoms with E-state index in [1.54, 1.807) is 13.0 Å². The van der Waals surface area contributed by atoms with Crippen molar-refractivity contribution in [3.63, 3.8) is 0 Å². The lowest BCUT2D eigenvalue weighted by molar-refractivity contribution is -0.118. The Bertz CT molecular complexity index is 335. The van der Waals surface area contributed by atoms with Crippen LogP contribution < -0.4 is 11.1 Å². The summed E-state index contributed by atoms with van der Waals surface area (Å²) in [7, 11) is 0. The Morgan fingerprint density at radius 3 is 2.87 bits per heavy atom. The molecule has 1 rings (SSSR count). The lowest BCUT2D eigenvalue weighted by atomic mass is 9.99. The molecule has 0 aliphatic carbocycles. The quantitative estimate of drug-likeness (QED) is 0.786. The maximum atomic E-state index is 11.6. The zero-order valence-corrected chi connectivity index (χ0v) is 9.28. The largest absolute Gasteiger partial charge is 0.338 e. The predicted molar refractivity (Wildman–Crippen MR) is 57.3 cm³/mol. The highest BCUT2D eigenvalue weighted by Crippen LogP contribution is 2.11. The van der Waals surface area contributed by atoms with E-state index in [9.17, 15) is 4.79 Å². The minimum atomic E-state index is -0.514. The van der Waals surface area contributed by atoms with E-state index in [1.807, 2.05) is 13.8 Å². The Kier molecular flexibility index (Phi) is 3.85. The van der Waals surface area contributed by atoms with Crippen LogP contribution >= 0.6 is 0 Å². The Morgan fingerprint density at radius 2 is 2.40 bits per heavy atom. The molecule has 1 aromatic rings. The molecule has 1 amide bonds. The molecule has 0 bridgehead atoms. The molecule has 0 saturated heterocycles. The van der Waals surface area contributed by atoms with Crippen molar-refractivity contribution in [3.8, 4) is 0 Å². The van der Waals surface area contributed by atoms with Gasteiger partial charge in [-0.25, -0.2) is 0 Å². The van der Waals surface area contributed by atoms with Crippen LogP contribution in [0.4, 0.5) is 5.88 Å². The average Bonchev–Trinajstić information content (AvgIpc) is 2.61. The van der Waals surface area contributed by atoms with Gasteiger partial charge in [-0.1, -0.05) is 25.4 Å². The molecule has 0 aromatic carbocycles. The number of carbonyl (C=O) groups is 1. The molecule has 1 aromatic heterocycles. The van der Waals surface area contributed by atoms with E-state index in [4.69, 9.17) is 10.3 Å². The van der Waals surface area contributed by atoms with Crippen molar-refractivity contribution in [2.75, 3.05) is 5.32 Å². The molecular formula is C10H17N3O2. The third-order valence-electron chi connectivity index (χ3n) is 2.43. The van der Waals surface area contributed by atoms with E-state index in [0.717, 1.165) is 12.1 Å². The van der Waals surface area contributed by atoms with Gasteiger partial charge in [0.05, 0.1) is 11.7 Å². The second kappa shape index (κ2) is 4.93. The van der Waals surface area contributed by atoms with Crippen LogP contribution in [-0.2, 0) is 4.79 Å². The van der Waals surface area contributed by atoms with E-state index in [1.165, 1.54) is 0 Å². The molecule has 15 heavy (non-hydrogen) atoms. The molecule has 2 atom stereocenters. The molecule has 1 unspecified atom stereocenters. The van der Waals surface area contributed by atoms with Crippen LogP contribution in [0.25, 0.3) is 0 Å². The van der Waals surface area contributed by atoms with Gasteiger partial charge < -0.3 is 10.3 Å². The molecule has 0 aliphatic heterocycles. The third kappa shape index (κ3) is 3.06. The van der Waals surface area contributed by atoms with E-state index >= 15 is 0 Å². The molecule has 5 nitrogen and oxygen atoms in total. The molecule has 3 N–H and O–H groups in total. The Labute approximate surface area is 89.0 Å². The van der Waals surface area contributed by atoms with Gasteiger partial charge in [-0.3, -0.25) is 10.1 Å². The maximum absolute atomic E-state index is 11.6. The molecule has 1 heterocycles. The number of nitrogens with zero attached hydrogens (tertiary/aromatic N) is 1. The first-order valence-electron chi connectivity index (χ1n) is 5.04. The second-order valence-corrected chi connectivity index (χ2v) is 3.73. The van der Waals surface area contributed by atoms with Gasteiger partial charge in [0, 0.05) is 6.07 Å². The monoisotopic (exact) mass is 211 g/mol. The summed E-state index contributed by atoms with van der Waals surface area (Å²) in [5.74, 6) is 0.255. The van der Waals surface area contributed by atoms with Gasteiger partial charge in [0.15, 0.2) is 0 Å². The normalized spacial score (nSPS) is 14.7. The van der Waals surface area contributed by atoms with Gasteiger partial charge in [0.2, 0.25) is 11.8 Å². The molecule has 0 aliphatic rings. The minimum absolute atomic E-state index is 0.147. The lowest BCUT2D eigenvalue weighted by Gasteiger charge is -2.16. The summed E-state index contributed by atoms with van der Waals surface area (Å²) >= 11 is 0. The van der Waals surface area contributed by atoms with Crippen LogP contribution in [0, 0.1) is 12.8 Å². The van der Waals surface area contributed by atoms with Gasteiger partial charge in [-0.15, -0.1) is 0 Å². The first kappa shape index (κ1) is 11.7. The second-order valence-electron chi connectivity index (χ2n) is 3.73. The van der Waals surface area contributed by atoms with E-state index in [0.29, 0.717) is 5.88 Å². The summed E-state index contributed by atoms with van der Waals surface area (Å²) in [6.45, 7) is 5.72. The van der Waals surface area contributed by atoms with Crippen LogP contribution in [0.5, 0.6) is 0 Å². The average molecular weight is 211 g/mol. The number of hydrogen-bond acceptors (Lipinski definition) is 4. The first-order valence-corrected chi connectivity index (χ1v) is 5.04. The van der Waals surface area contributed by atoms with Gasteiger partial charge in [0.25, 0.3) is 0 Å². The van der Waals surface area contributed by atoms with Crippen molar-refractivity contribution >= 4 is 11.8 Å². The van der Waals surface area contributed by atoms with Crippen LogP contribution in [0.15, 0.2) is 10.6 Å². The molecule has 0 radical (unpaired) electrons. The Balaban J connectivity index is 2.55. The van der Waals surface area contributed by atoms with Gasteiger partial charge >= 0.3 is 0 Å². The van der Waals surface area contributed by atoms with Crippen molar-refractivity contribution in [2.24, 2.45) is 11.7 Å². The highest BCUT2D eigenvalue weighted by atomic mass is 16.5. The predicted octanol–water partition coefficient (Wildman–Crippen LogP) is 1.29. The van der Waals surface area contributed by atoms with E-state index in [2.05, 4.69) is 10.5 Å². The standard InChI is InChI=1S/C10H17N3O2/c1-4-6(2)9(11)10(14)12-8-5-7(3)13-15-8/h5-6,9H,4,11H2,1-3H3,(H,12,14)/t6?,9-/m0/s1. The van der Waals surface area contributed by atoms with E-state index in [-0.39, 0.29) is 11.8 Å². The summed E-state index contributed by atoms with van der Waals surface area (Å²) in [5, 5.41) is 6.25. The van der Waals surface area contributed by atoms with Gasteiger partial charge in [-0.2, -0.15) is 0 Å². The fourth-order valence-corrected chi connectivity index (χ4v) is 1.14. The van der Waals surface area contributed by atoms with Crippen molar-refractivity contribution in [3.05, 3.63) is 11.8 Å². The highest BCUT2D eigenvalue weighted by Gasteiger charge is 2.20. The van der Waals surface area contributed by atoms with Crippen molar-refractivity contribution in [1.29, 1.82) is 0 Å². The van der Waals surface area contributed by atoms with Crippen LogP contribution in [0.1, 0.15) is 26.0 Å². The Morgan fingerprint density at radius 1 is 1.73 bits per heavy atom. The summed E-state index contributed by atoms with van der Waals surface area (Å²) in [5.41, 5.74) is 6.48. The fourth-order valence-electron chi connectivity index (χ4n) is 1.14. The van der Waals surface area contributed by atoms with Crippen LogP contribution in [-0.4, -0.2) is 17.1 Å². The van der Waals surface area contributed by atoms with Crippen LogP contribution in [0.3, 0.4) is 0 Å². The molecule has 0 saturated carbocycles. The van der Waals surface area contributed by atoms with Crippen molar-refractivity contribution < 1.29 is 9.32 Å². The number of aromatic nitrogens is 1. The summed E-state index contributed by atoms with van der Waals surface area (Å²) < 4.78 is 4.86. The van der Waals surface area contributed by atoms with E-state index < -0.39 is 6.04 Å². The molecule has 5 heteroatoms. The van der Waals surface area contributed by atoms with Crippen LogP contribution in [0.2, 0.25) is 0 Å². The zero-order chi connectivity index (χ0) is 11.4. The number of anilines is 1. The topological polar surface area (TPSA) is 81.2 Å². The number of aryl methyl sites for hydroxylation is 1. The molecule has 0 spiro atoms. The van der Waals surface area contributed by atoms with Gasteiger partial charge in [0.1, 0.15) is 0 Å². The zero-order valence-electron chi connectivity index (χ0n) is 9.28. The summed E-state index contributed by atoms with van der Waals surface area (Å²) in [6.07, 6.45) is 0.865. The maximum Gasteiger partial charge on any atom is 0.243 e. The molecule has 84 valence electrons. The Hall–Kier alpha value is -1.36. The first-order chi connectivity index (χ1) is 7.04. The molecular weight excluding hydrogens is 194 g/mol. The SMILES string of the molecule is CCC(C)[C@H](N)C(=O)Nc1cc(C)no1. The lowest BCUT2D eigenvalue weighted by Crippen LogP contribution is -2.40. The fraction of sp³-hybridized carbons (Fsp3) is 0.600. The number of carbonyl (C=O) groups excluding carboxylic acids is 1. The minimum Gasteiger partial charge on any atom is -0.338 e. The number of hydrogen-bond donors (Lipinski definition) is 2. The van der Waals surface area contributed by atoms with Gasteiger partial charge in [-0.05, 0) is 12.8 Å². The number of nitrogens with one attached hydrogen (secondary N) is 1. The highest BCUT2D eigenvalue weighted by molar-refractivity contribution is 5.93. The number of amides is 1. The smallest absolute Gasteiger partial charge is 0.243 e. The number of rotatable bonds is 4.